The van der Waals surface area contributed by atoms with Crippen LogP contribution in [0, 0.1) is 0 Å². The lowest BCUT2D eigenvalue weighted by Crippen LogP contribution is -2.27. The number of amides is 1. The lowest BCUT2D eigenvalue weighted by atomic mass is 10.2. The molecule has 0 saturated carbocycles. The lowest BCUT2D eigenvalue weighted by Gasteiger charge is -2.18. The number of ether oxygens (including phenoxy) is 1. The van der Waals surface area contributed by atoms with E-state index in [-0.39, 0.29) is 12.0 Å². The SMILES string of the molecule is CN(CCc1ccncc1)c1ccc(NC(=O)C2CCCO2)cn1. The zero-order valence-electron chi connectivity index (χ0n) is 13.8. The number of rotatable bonds is 6. The first kappa shape index (κ1) is 16.4. The maximum Gasteiger partial charge on any atom is 0.253 e. The van der Waals surface area contributed by atoms with Crippen molar-refractivity contribution in [2.45, 2.75) is 25.4 Å². The highest BCUT2D eigenvalue weighted by atomic mass is 16.5. The molecule has 126 valence electrons. The number of anilines is 2. The molecule has 1 unspecified atom stereocenters. The second-order valence-electron chi connectivity index (χ2n) is 5.92. The van der Waals surface area contributed by atoms with Gasteiger partial charge >= 0.3 is 0 Å². The van der Waals surface area contributed by atoms with Crippen molar-refractivity contribution in [3.63, 3.8) is 0 Å². The highest BCUT2D eigenvalue weighted by Gasteiger charge is 2.23. The van der Waals surface area contributed by atoms with E-state index in [0.29, 0.717) is 12.3 Å². The fraction of sp³-hybridized carbons (Fsp3) is 0.389. The molecule has 1 aliphatic rings. The van der Waals surface area contributed by atoms with Crippen molar-refractivity contribution >= 4 is 17.4 Å². The van der Waals surface area contributed by atoms with E-state index in [4.69, 9.17) is 4.74 Å². The highest BCUT2D eigenvalue weighted by molar-refractivity contribution is 5.94. The van der Waals surface area contributed by atoms with Gasteiger partial charge in [0.15, 0.2) is 0 Å². The number of aromatic nitrogens is 2. The van der Waals surface area contributed by atoms with E-state index in [0.717, 1.165) is 31.6 Å². The van der Waals surface area contributed by atoms with Gasteiger partial charge in [-0.05, 0) is 49.1 Å². The van der Waals surface area contributed by atoms with Crippen LogP contribution in [0.2, 0.25) is 0 Å². The van der Waals surface area contributed by atoms with Crippen LogP contribution in [0.25, 0.3) is 0 Å². The molecule has 2 aromatic rings. The molecule has 1 saturated heterocycles. The summed E-state index contributed by atoms with van der Waals surface area (Å²) in [6.07, 6.45) is 7.63. The van der Waals surface area contributed by atoms with Gasteiger partial charge in [0, 0.05) is 32.6 Å². The monoisotopic (exact) mass is 326 g/mol. The van der Waals surface area contributed by atoms with Crippen LogP contribution in [0.15, 0.2) is 42.9 Å². The predicted octanol–water partition coefficient (Wildman–Crippen LogP) is 2.27. The first-order valence-electron chi connectivity index (χ1n) is 8.21. The number of hydrogen-bond donors (Lipinski definition) is 1. The first-order valence-corrected chi connectivity index (χ1v) is 8.21. The third-order valence-electron chi connectivity index (χ3n) is 4.11. The van der Waals surface area contributed by atoms with Crippen molar-refractivity contribution in [1.29, 1.82) is 0 Å². The smallest absolute Gasteiger partial charge is 0.253 e. The second kappa shape index (κ2) is 7.88. The average Bonchev–Trinajstić information content (AvgIpc) is 3.16. The Morgan fingerprint density at radius 2 is 2.17 bits per heavy atom. The van der Waals surface area contributed by atoms with Gasteiger partial charge in [-0.15, -0.1) is 0 Å². The molecule has 1 aliphatic heterocycles. The van der Waals surface area contributed by atoms with Crippen molar-refractivity contribution in [3.05, 3.63) is 48.4 Å². The van der Waals surface area contributed by atoms with Crippen molar-refractivity contribution in [3.8, 4) is 0 Å². The third kappa shape index (κ3) is 4.29. The van der Waals surface area contributed by atoms with Crippen molar-refractivity contribution in [2.75, 3.05) is 30.4 Å². The van der Waals surface area contributed by atoms with Gasteiger partial charge < -0.3 is 15.0 Å². The predicted molar refractivity (Wildman–Crippen MR) is 93.1 cm³/mol. The number of carbonyl (C=O) groups excluding carboxylic acids is 1. The molecule has 1 fully saturated rings. The number of nitrogens with one attached hydrogen (secondary N) is 1. The second-order valence-corrected chi connectivity index (χ2v) is 5.92. The van der Waals surface area contributed by atoms with Gasteiger partial charge in [-0.3, -0.25) is 9.78 Å². The van der Waals surface area contributed by atoms with Crippen LogP contribution >= 0.6 is 0 Å². The van der Waals surface area contributed by atoms with Crippen molar-refractivity contribution in [1.82, 2.24) is 9.97 Å². The molecule has 0 spiro atoms. The molecule has 3 heterocycles. The molecule has 1 amide bonds. The molecule has 6 nitrogen and oxygen atoms in total. The van der Waals surface area contributed by atoms with E-state index in [2.05, 4.69) is 20.2 Å². The number of likely N-dealkylation sites (N-methyl/N-ethyl adjacent to an activating group) is 1. The van der Waals surface area contributed by atoms with Crippen LogP contribution in [0.1, 0.15) is 18.4 Å². The Balaban J connectivity index is 1.52. The molecule has 0 bridgehead atoms. The summed E-state index contributed by atoms with van der Waals surface area (Å²) in [6.45, 7) is 1.52. The summed E-state index contributed by atoms with van der Waals surface area (Å²) in [6, 6.07) is 7.83. The van der Waals surface area contributed by atoms with Gasteiger partial charge in [0.05, 0.1) is 11.9 Å². The summed E-state index contributed by atoms with van der Waals surface area (Å²) in [5.41, 5.74) is 1.94. The van der Waals surface area contributed by atoms with E-state index in [1.54, 1.807) is 18.6 Å². The third-order valence-corrected chi connectivity index (χ3v) is 4.11. The minimum atomic E-state index is -0.326. The average molecular weight is 326 g/mol. The van der Waals surface area contributed by atoms with Crippen LogP contribution < -0.4 is 10.2 Å². The van der Waals surface area contributed by atoms with Crippen LogP contribution in [-0.4, -0.2) is 42.2 Å². The van der Waals surface area contributed by atoms with Crippen LogP contribution in [0.5, 0.6) is 0 Å². The Morgan fingerprint density at radius 1 is 1.33 bits per heavy atom. The van der Waals surface area contributed by atoms with E-state index in [1.807, 2.05) is 31.3 Å². The molecule has 24 heavy (non-hydrogen) atoms. The topological polar surface area (TPSA) is 67.4 Å². The molecular formula is C18H22N4O2. The Morgan fingerprint density at radius 3 is 2.83 bits per heavy atom. The van der Waals surface area contributed by atoms with E-state index in [1.165, 1.54) is 5.56 Å². The van der Waals surface area contributed by atoms with E-state index in [9.17, 15) is 4.79 Å². The lowest BCUT2D eigenvalue weighted by molar-refractivity contribution is -0.124. The molecular weight excluding hydrogens is 304 g/mol. The summed E-state index contributed by atoms with van der Waals surface area (Å²) in [5.74, 6) is 0.785. The highest BCUT2D eigenvalue weighted by Crippen LogP contribution is 2.17. The number of nitrogens with zero attached hydrogens (tertiary/aromatic N) is 3. The summed E-state index contributed by atoms with van der Waals surface area (Å²) in [7, 11) is 2.01. The van der Waals surface area contributed by atoms with Gasteiger partial charge in [-0.1, -0.05) is 0 Å². The maximum atomic E-state index is 12.0. The molecule has 1 N–H and O–H groups in total. The Kier molecular flexibility index (Phi) is 5.38. The fourth-order valence-electron chi connectivity index (χ4n) is 2.65. The summed E-state index contributed by atoms with van der Waals surface area (Å²) >= 11 is 0. The van der Waals surface area contributed by atoms with Crippen LogP contribution in [0.3, 0.4) is 0 Å². The minimum Gasteiger partial charge on any atom is -0.368 e. The zero-order chi connectivity index (χ0) is 16.8. The standard InChI is InChI=1S/C18H22N4O2/c1-22(11-8-14-6-9-19-10-7-14)17-5-4-15(13-20-17)21-18(23)16-3-2-12-24-16/h4-7,9-10,13,16H,2-3,8,11-12H2,1H3,(H,21,23). The van der Waals surface area contributed by atoms with Crippen LogP contribution in [0.4, 0.5) is 11.5 Å². The van der Waals surface area contributed by atoms with Crippen LogP contribution in [-0.2, 0) is 16.0 Å². The normalized spacial score (nSPS) is 16.8. The van der Waals surface area contributed by atoms with E-state index >= 15 is 0 Å². The van der Waals surface area contributed by atoms with E-state index < -0.39 is 0 Å². The Hall–Kier alpha value is -2.47. The van der Waals surface area contributed by atoms with Gasteiger partial charge in [0.1, 0.15) is 11.9 Å². The fourth-order valence-corrected chi connectivity index (χ4v) is 2.65. The molecule has 0 aliphatic carbocycles. The number of hydrogen-bond acceptors (Lipinski definition) is 5. The largest absolute Gasteiger partial charge is 0.368 e. The van der Waals surface area contributed by atoms with Gasteiger partial charge in [0.2, 0.25) is 0 Å². The maximum absolute atomic E-state index is 12.0. The zero-order valence-corrected chi connectivity index (χ0v) is 13.8. The summed E-state index contributed by atoms with van der Waals surface area (Å²) in [5, 5.41) is 2.86. The summed E-state index contributed by atoms with van der Waals surface area (Å²) in [4.78, 5) is 22.6. The number of carbonyl (C=O) groups is 1. The molecule has 3 rings (SSSR count). The first-order chi connectivity index (χ1) is 11.7. The minimum absolute atomic E-state index is 0.0897. The molecule has 6 heteroatoms. The quantitative estimate of drug-likeness (QED) is 0.882. The van der Waals surface area contributed by atoms with Gasteiger partial charge in [-0.2, -0.15) is 0 Å². The molecule has 0 aromatic carbocycles. The Labute approximate surface area is 141 Å². The van der Waals surface area contributed by atoms with Crippen molar-refractivity contribution in [2.24, 2.45) is 0 Å². The van der Waals surface area contributed by atoms with Crippen molar-refractivity contribution < 1.29 is 9.53 Å². The molecule has 1 atom stereocenters. The summed E-state index contributed by atoms with van der Waals surface area (Å²) < 4.78 is 5.38. The molecule has 2 aromatic heterocycles. The van der Waals surface area contributed by atoms with Gasteiger partial charge in [-0.25, -0.2) is 4.98 Å². The van der Waals surface area contributed by atoms with Gasteiger partial charge in [0.25, 0.3) is 5.91 Å². The number of pyridine rings is 2. The molecule has 0 radical (unpaired) electrons. The Bertz CT molecular complexity index is 654.